The van der Waals surface area contributed by atoms with E-state index in [4.69, 9.17) is 21.4 Å². The number of piperidine rings is 1. The van der Waals surface area contributed by atoms with Crippen LogP contribution < -0.4 is 0 Å². The number of carboxylic acid groups (broad SMARTS) is 1. The number of likely N-dealkylation sites (tertiary alicyclic amines) is 1. The number of carbonyl (C=O) groups is 2. The predicted octanol–water partition coefficient (Wildman–Crippen LogP) is 2.96. The van der Waals surface area contributed by atoms with Gasteiger partial charge in [-0.25, -0.2) is 0 Å². The molecule has 2 rings (SSSR count). The standard InChI is InChI=1S/C17H22ClNO4/c18-15-6-2-1-5-14(15)11-23-12-16(20)19-9-3-4-13(10-19)7-8-17(21)22/h1-2,5-6,13H,3-4,7-12H2,(H,21,22). The van der Waals surface area contributed by atoms with Crippen LogP contribution in [0, 0.1) is 5.92 Å². The van der Waals surface area contributed by atoms with E-state index in [1.165, 1.54) is 0 Å². The highest BCUT2D eigenvalue weighted by molar-refractivity contribution is 6.31. The zero-order valence-electron chi connectivity index (χ0n) is 13.0. The van der Waals surface area contributed by atoms with Crippen LogP contribution in [-0.2, 0) is 20.9 Å². The van der Waals surface area contributed by atoms with Gasteiger partial charge in [-0.1, -0.05) is 29.8 Å². The molecule has 5 nitrogen and oxygen atoms in total. The van der Waals surface area contributed by atoms with E-state index in [0.717, 1.165) is 24.9 Å². The SMILES string of the molecule is O=C(O)CCC1CCCN(C(=O)COCc2ccccc2Cl)C1. The first-order valence-electron chi connectivity index (χ1n) is 7.87. The minimum absolute atomic E-state index is 0.0247. The Hall–Kier alpha value is -1.59. The van der Waals surface area contributed by atoms with Gasteiger partial charge >= 0.3 is 5.97 Å². The van der Waals surface area contributed by atoms with E-state index >= 15 is 0 Å². The maximum Gasteiger partial charge on any atom is 0.303 e. The summed E-state index contributed by atoms with van der Waals surface area (Å²) >= 11 is 6.04. The van der Waals surface area contributed by atoms with Crippen LogP contribution >= 0.6 is 11.6 Å². The van der Waals surface area contributed by atoms with Gasteiger partial charge in [-0.05, 0) is 36.8 Å². The maximum atomic E-state index is 12.2. The lowest BCUT2D eigenvalue weighted by Gasteiger charge is -2.32. The molecule has 0 bridgehead atoms. The molecular formula is C17H22ClNO4. The van der Waals surface area contributed by atoms with Crippen LogP contribution in [0.15, 0.2) is 24.3 Å². The molecule has 1 heterocycles. The zero-order valence-corrected chi connectivity index (χ0v) is 13.8. The summed E-state index contributed by atoms with van der Waals surface area (Å²) in [7, 11) is 0. The van der Waals surface area contributed by atoms with Crippen LogP contribution in [0.5, 0.6) is 0 Å². The van der Waals surface area contributed by atoms with Crippen molar-refractivity contribution in [1.82, 2.24) is 4.90 Å². The number of rotatable bonds is 7. The summed E-state index contributed by atoms with van der Waals surface area (Å²) < 4.78 is 5.48. The lowest BCUT2D eigenvalue weighted by Crippen LogP contribution is -2.41. The molecule has 1 aliphatic rings. The molecule has 6 heteroatoms. The van der Waals surface area contributed by atoms with E-state index in [2.05, 4.69) is 0 Å². The summed E-state index contributed by atoms with van der Waals surface area (Å²) in [6.07, 6.45) is 2.69. The van der Waals surface area contributed by atoms with Crippen LogP contribution in [0.2, 0.25) is 5.02 Å². The predicted molar refractivity (Wildman–Crippen MR) is 87.3 cm³/mol. The van der Waals surface area contributed by atoms with E-state index in [-0.39, 0.29) is 24.9 Å². The molecule has 23 heavy (non-hydrogen) atoms. The number of aliphatic carboxylic acids is 1. The second kappa shape index (κ2) is 8.89. The fourth-order valence-corrected chi connectivity index (χ4v) is 3.00. The molecule has 0 saturated carbocycles. The molecule has 1 saturated heterocycles. The average molecular weight is 340 g/mol. The van der Waals surface area contributed by atoms with Crippen molar-refractivity contribution in [3.05, 3.63) is 34.9 Å². The Morgan fingerprint density at radius 1 is 1.35 bits per heavy atom. The molecule has 0 aromatic heterocycles. The molecule has 0 aliphatic carbocycles. The number of carboxylic acids is 1. The van der Waals surface area contributed by atoms with Gasteiger partial charge in [-0.3, -0.25) is 9.59 Å². The molecular weight excluding hydrogens is 318 g/mol. The molecule has 1 aromatic rings. The summed E-state index contributed by atoms with van der Waals surface area (Å²) in [5, 5.41) is 9.39. The second-order valence-electron chi connectivity index (χ2n) is 5.86. The number of nitrogens with zero attached hydrogens (tertiary/aromatic N) is 1. The van der Waals surface area contributed by atoms with E-state index in [9.17, 15) is 9.59 Å². The first-order valence-corrected chi connectivity index (χ1v) is 8.24. The summed E-state index contributed by atoms with van der Waals surface area (Å²) in [6.45, 7) is 1.68. The molecule has 1 aromatic carbocycles. The summed E-state index contributed by atoms with van der Waals surface area (Å²) in [4.78, 5) is 24.6. The van der Waals surface area contributed by atoms with Crippen molar-refractivity contribution in [3.8, 4) is 0 Å². The van der Waals surface area contributed by atoms with Crippen LogP contribution in [0.3, 0.4) is 0 Å². The van der Waals surface area contributed by atoms with E-state index in [1.54, 1.807) is 11.0 Å². The first-order chi connectivity index (χ1) is 11.1. The van der Waals surface area contributed by atoms with Gasteiger partial charge in [-0.15, -0.1) is 0 Å². The van der Waals surface area contributed by atoms with Crippen molar-refractivity contribution in [3.63, 3.8) is 0 Å². The number of ether oxygens (including phenoxy) is 1. The fraction of sp³-hybridized carbons (Fsp3) is 0.529. The van der Waals surface area contributed by atoms with Gasteiger partial charge in [0.05, 0.1) is 6.61 Å². The van der Waals surface area contributed by atoms with Crippen LogP contribution in [0.1, 0.15) is 31.2 Å². The third-order valence-corrected chi connectivity index (χ3v) is 4.45. The Balaban J connectivity index is 1.74. The average Bonchev–Trinajstić information content (AvgIpc) is 2.55. The molecule has 0 spiro atoms. The Bertz CT molecular complexity index is 549. The Kier molecular flexibility index (Phi) is 6.86. The number of carbonyl (C=O) groups excluding carboxylic acids is 1. The summed E-state index contributed by atoms with van der Waals surface area (Å²) in [5.74, 6) is -0.555. The van der Waals surface area contributed by atoms with Crippen molar-refractivity contribution < 1.29 is 19.4 Å². The lowest BCUT2D eigenvalue weighted by molar-refractivity contribution is -0.138. The Morgan fingerprint density at radius 2 is 2.13 bits per heavy atom. The first kappa shape index (κ1) is 17.8. The van der Waals surface area contributed by atoms with Gasteiger partial charge < -0.3 is 14.7 Å². The quantitative estimate of drug-likeness (QED) is 0.829. The smallest absolute Gasteiger partial charge is 0.303 e. The van der Waals surface area contributed by atoms with Crippen molar-refractivity contribution in [1.29, 1.82) is 0 Å². The van der Waals surface area contributed by atoms with E-state index in [0.29, 0.717) is 24.6 Å². The van der Waals surface area contributed by atoms with Gasteiger partial charge in [0.2, 0.25) is 5.91 Å². The van der Waals surface area contributed by atoms with Crippen LogP contribution in [-0.4, -0.2) is 41.6 Å². The maximum absolute atomic E-state index is 12.2. The Labute approximate surface area is 141 Å². The Morgan fingerprint density at radius 3 is 2.87 bits per heavy atom. The van der Waals surface area contributed by atoms with Crippen molar-refractivity contribution in [2.75, 3.05) is 19.7 Å². The molecule has 1 atom stereocenters. The zero-order chi connectivity index (χ0) is 16.7. The molecule has 1 unspecified atom stereocenters. The molecule has 1 N–H and O–H groups in total. The third-order valence-electron chi connectivity index (χ3n) is 4.08. The van der Waals surface area contributed by atoms with Gasteiger partial charge in [-0.2, -0.15) is 0 Å². The molecule has 0 radical (unpaired) electrons. The highest BCUT2D eigenvalue weighted by Gasteiger charge is 2.24. The molecule has 126 valence electrons. The topological polar surface area (TPSA) is 66.8 Å². The monoisotopic (exact) mass is 339 g/mol. The number of amides is 1. The number of hydrogen-bond donors (Lipinski definition) is 1. The minimum Gasteiger partial charge on any atom is -0.481 e. The fourth-order valence-electron chi connectivity index (χ4n) is 2.81. The molecule has 1 amide bonds. The van der Waals surface area contributed by atoms with E-state index in [1.807, 2.05) is 18.2 Å². The molecule has 1 aliphatic heterocycles. The van der Waals surface area contributed by atoms with Crippen molar-refractivity contribution in [2.45, 2.75) is 32.3 Å². The summed E-state index contributed by atoms with van der Waals surface area (Å²) in [5.41, 5.74) is 0.861. The minimum atomic E-state index is -0.781. The van der Waals surface area contributed by atoms with Crippen molar-refractivity contribution in [2.24, 2.45) is 5.92 Å². The highest BCUT2D eigenvalue weighted by atomic mass is 35.5. The number of benzene rings is 1. The number of halogens is 1. The normalized spacial score (nSPS) is 18.0. The van der Waals surface area contributed by atoms with Gasteiger partial charge in [0, 0.05) is 24.5 Å². The third kappa shape index (κ3) is 5.84. The second-order valence-corrected chi connectivity index (χ2v) is 6.27. The van der Waals surface area contributed by atoms with Gasteiger partial charge in [0.1, 0.15) is 6.61 Å². The summed E-state index contributed by atoms with van der Waals surface area (Å²) in [6, 6.07) is 7.39. The van der Waals surface area contributed by atoms with E-state index < -0.39 is 5.97 Å². The van der Waals surface area contributed by atoms with Crippen LogP contribution in [0.4, 0.5) is 0 Å². The highest BCUT2D eigenvalue weighted by Crippen LogP contribution is 2.21. The lowest BCUT2D eigenvalue weighted by atomic mass is 9.93. The molecule has 1 fully saturated rings. The number of hydrogen-bond acceptors (Lipinski definition) is 3. The van der Waals surface area contributed by atoms with Gasteiger partial charge in [0.15, 0.2) is 0 Å². The van der Waals surface area contributed by atoms with Crippen LogP contribution in [0.25, 0.3) is 0 Å². The largest absolute Gasteiger partial charge is 0.481 e. The van der Waals surface area contributed by atoms with Crippen molar-refractivity contribution >= 4 is 23.5 Å². The van der Waals surface area contributed by atoms with Gasteiger partial charge in [0.25, 0.3) is 0 Å².